The maximum absolute atomic E-state index is 13.0. The maximum atomic E-state index is 13.0. The highest BCUT2D eigenvalue weighted by molar-refractivity contribution is 5.79. The first-order valence-corrected chi connectivity index (χ1v) is 11.4. The largest absolute Gasteiger partial charge is 0.342 e. The van der Waals surface area contributed by atoms with Crippen molar-refractivity contribution in [2.24, 2.45) is 5.92 Å². The number of carbonyl (C=O) groups excluding carboxylic acids is 1. The van der Waals surface area contributed by atoms with Crippen LogP contribution in [-0.2, 0) is 4.79 Å². The highest BCUT2D eigenvalue weighted by Crippen LogP contribution is 2.33. The molecule has 1 fully saturated rings. The molecular formula is C25H33N5O. The topological polar surface area (TPSA) is 71.0 Å². The molecule has 3 heterocycles. The van der Waals surface area contributed by atoms with Gasteiger partial charge in [-0.2, -0.15) is 0 Å². The van der Waals surface area contributed by atoms with Gasteiger partial charge in [0.2, 0.25) is 11.9 Å². The summed E-state index contributed by atoms with van der Waals surface area (Å²) in [4.78, 5) is 28.6. The van der Waals surface area contributed by atoms with Crippen molar-refractivity contribution in [2.45, 2.75) is 65.7 Å². The number of nitrogens with zero attached hydrogens (tertiary/aromatic N) is 4. The number of rotatable bonds is 4. The zero-order chi connectivity index (χ0) is 22.0. The molecule has 0 saturated carbocycles. The number of aromatic nitrogens is 3. The Morgan fingerprint density at radius 1 is 1.00 bits per heavy atom. The fourth-order valence-corrected chi connectivity index (χ4v) is 4.75. The third-order valence-electron chi connectivity index (χ3n) is 6.75. The Bertz CT molecular complexity index is 954. The van der Waals surface area contributed by atoms with E-state index in [0.717, 1.165) is 68.0 Å². The summed E-state index contributed by atoms with van der Waals surface area (Å²) in [5.74, 6) is 1.54. The van der Waals surface area contributed by atoms with Crippen molar-refractivity contribution < 1.29 is 4.79 Å². The summed E-state index contributed by atoms with van der Waals surface area (Å²) in [6, 6.07) is 6.09. The monoisotopic (exact) mass is 419 g/mol. The Labute approximate surface area is 185 Å². The summed E-state index contributed by atoms with van der Waals surface area (Å²) in [5, 5.41) is 3.24. The van der Waals surface area contributed by atoms with E-state index in [0.29, 0.717) is 17.8 Å². The van der Waals surface area contributed by atoms with Gasteiger partial charge >= 0.3 is 0 Å². The molecule has 164 valence electrons. The van der Waals surface area contributed by atoms with Crippen molar-refractivity contribution in [3.05, 3.63) is 52.6 Å². The fraction of sp³-hybridized carbons (Fsp3) is 0.520. The smallest absolute Gasteiger partial charge is 0.227 e. The van der Waals surface area contributed by atoms with Crippen molar-refractivity contribution >= 4 is 17.5 Å². The van der Waals surface area contributed by atoms with Crippen LogP contribution in [0.5, 0.6) is 0 Å². The minimum atomic E-state index is 0.177. The lowest BCUT2D eigenvalue weighted by atomic mass is 9.83. The summed E-state index contributed by atoms with van der Waals surface area (Å²) in [6.07, 6.45) is 6.81. The minimum absolute atomic E-state index is 0.177. The minimum Gasteiger partial charge on any atom is -0.342 e. The number of nitrogens with one attached hydrogen (secondary N) is 1. The summed E-state index contributed by atoms with van der Waals surface area (Å²) in [6.45, 7) is 9.97. The Hall–Kier alpha value is -2.76. The summed E-state index contributed by atoms with van der Waals surface area (Å²) >= 11 is 0. The van der Waals surface area contributed by atoms with Gasteiger partial charge in [-0.1, -0.05) is 11.1 Å². The molecule has 2 aromatic heterocycles. The third kappa shape index (κ3) is 5.12. The molecule has 1 amide bonds. The van der Waals surface area contributed by atoms with Crippen LogP contribution in [0.25, 0.3) is 0 Å². The Kier molecular flexibility index (Phi) is 6.35. The van der Waals surface area contributed by atoms with E-state index in [1.807, 2.05) is 32.2 Å². The molecule has 2 aromatic rings. The molecule has 0 aromatic carbocycles. The highest BCUT2D eigenvalue weighted by atomic mass is 16.2. The van der Waals surface area contributed by atoms with Gasteiger partial charge in [0.15, 0.2) is 0 Å². The van der Waals surface area contributed by atoms with E-state index in [1.165, 1.54) is 11.1 Å². The van der Waals surface area contributed by atoms with E-state index in [9.17, 15) is 4.79 Å². The van der Waals surface area contributed by atoms with Gasteiger partial charge in [0, 0.05) is 42.0 Å². The Morgan fingerprint density at radius 2 is 1.71 bits per heavy atom. The zero-order valence-electron chi connectivity index (χ0n) is 19.1. The molecule has 0 spiro atoms. The van der Waals surface area contributed by atoms with Crippen molar-refractivity contribution in [3.8, 4) is 0 Å². The lowest BCUT2D eigenvalue weighted by Gasteiger charge is -2.35. The van der Waals surface area contributed by atoms with Crippen LogP contribution >= 0.6 is 0 Å². The van der Waals surface area contributed by atoms with Gasteiger partial charge in [-0.25, -0.2) is 9.97 Å². The molecule has 6 nitrogen and oxygen atoms in total. The van der Waals surface area contributed by atoms with E-state index in [2.05, 4.69) is 40.1 Å². The van der Waals surface area contributed by atoms with Crippen LogP contribution in [-0.4, -0.2) is 38.8 Å². The van der Waals surface area contributed by atoms with Gasteiger partial charge in [-0.15, -0.1) is 0 Å². The second-order valence-corrected chi connectivity index (χ2v) is 9.17. The van der Waals surface area contributed by atoms with Crippen molar-refractivity contribution in [1.29, 1.82) is 0 Å². The molecule has 6 heteroatoms. The normalized spacial score (nSPS) is 20.1. The van der Waals surface area contributed by atoms with Crippen LogP contribution in [0.1, 0.15) is 69.0 Å². The van der Waals surface area contributed by atoms with Crippen LogP contribution in [0.4, 0.5) is 11.6 Å². The van der Waals surface area contributed by atoms with Crippen molar-refractivity contribution in [1.82, 2.24) is 19.9 Å². The molecule has 1 N–H and O–H groups in total. The van der Waals surface area contributed by atoms with E-state index < -0.39 is 0 Å². The molecule has 4 rings (SSSR count). The zero-order valence-corrected chi connectivity index (χ0v) is 19.1. The van der Waals surface area contributed by atoms with Gasteiger partial charge in [-0.05, 0) is 78.0 Å². The van der Waals surface area contributed by atoms with Gasteiger partial charge in [0.25, 0.3) is 0 Å². The molecule has 0 radical (unpaired) electrons. The Balaban J connectivity index is 1.32. The third-order valence-corrected chi connectivity index (χ3v) is 6.75. The van der Waals surface area contributed by atoms with Crippen LogP contribution in [0.15, 0.2) is 35.5 Å². The van der Waals surface area contributed by atoms with Crippen LogP contribution in [0.3, 0.4) is 0 Å². The number of likely N-dealkylation sites (tertiary alicyclic amines) is 1. The number of pyridine rings is 1. The fourth-order valence-electron chi connectivity index (χ4n) is 4.75. The van der Waals surface area contributed by atoms with Gasteiger partial charge in [-0.3, -0.25) is 9.78 Å². The first-order valence-electron chi connectivity index (χ1n) is 11.4. The predicted octanol–water partition coefficient (Wildman–Crippen LogP) is 5.07. The number of hydrogen-bond acceptors (Lipinski definition) is 5. The average Bonchev–Trinajstić information content (AvgIpc) is 2.75. The molecule has 1 aliphatic carbocycles. The van der Waals surface area contributed by atoms with Crippen LogP contribution < -0.4 is 5.32 Å². The molecule has 1 saturated heterocycles. The number of allylic oxidation sites excluding steroid dienone is 2. The molecule has 2 aliphatic rings. The molecule has 1 aliphatic heterocycles. The standard InChI is InChI=1S/C25H33N5O/c1-16-5-6-21(13-17(16)2)24(31)30-11-9-20(10-12-30)23-8-7-22(15-26-23)29-25-27-18(3)14-19(4)28-25/h7-8,14-15,20-21H,5-6,9-13H2,1-4H3,(H,27,28,29)/t21-/m0/s1. The highest BCUT2D eigenvalue weighted by Gasteiger charge is 2.30. The number of carbonyl (C=O) groups is 1. The number of piperidine rings is 1. The molecule has 31 heavy (non-hydrogen) atoms. The van der Waals surface area contributed by atoms with Gasteiger partial charge in [0.05, 0.1) is 11.9 Å². The quantitative estimate of drug-likeness (QED) is 0.700. The number of amides is 1. The first-order chi connectivity index (χ1) is 14.9. The second-order valence-electron chi connectivity index (χ2n) is 9.17. The first kappa shape index (κ1) is 21.5. The van der Waals surface area contributed by atoms with Gasteiger partial charge < -0.3 is 10.2 Å². The summed E-state index contributed by atoms with van der Waals surface area (Å²) < 4.78 is 0. The average molecular weight is 420 g/mol. The summed E-state index contributed by atoms with van der Waals surface area (Å²) in [7, 11) is 0. The molecule has 0 bridgehead atoms. The number of hydrogen-bond donors (Lipinski definition) is 1. The second kappa shape index (κ2) is 9.16. The van der Waals surface area contributed by atoms with E-state index in [-0.39, 0.29) is 5.92 Å². The van der Waals surface area contributed by atoms with E-state index >= 15 is 0 Å². The lowest BCUT2D eigenvalue weighted by Crippen LogP contribution is -2.42. The molecule has 0 unspecified atom stereocenters. The number of anilines is 2. The van der Waals surface area contributed by atoms with E-state index in [4.69, 9.17) is 4.98 Å². The van der Waals surface area contributed by atoms with Crippen LogP contribution in [0, 0.1) is 19.8 Å². The molecular weight excluding hydrogens is 386 g/mol. The van der Waals surface area contributed by atoms with Crippen LogP contribution in [0.2, 0.25) is 0 Å². The number of aryl methyl sites for hydroxylation is 2. The lowest BCUT2D eigenvalue weighted by molar-refractivity contribution is -0.137. The molecule has 1 atom stereocenters. The summed E-state index contributed by atoms with van der Waals surface area (Å²) in [5.41, 5.74) is 6.74. The van der Waals surface area contributed by atoms with Gasteiger partial charge in [0.1, 0.15) is 0 Å². The maximum Gasteiger partial charge on any atom is 0.227 e. The SMILES string of the molecule is CC1=C(C)C[C@@H](C(=O)N2CCC(c3ccc(Nc4nc(C)cc(C)n4)cn3)CC2)CC1. The van der Waals surface area contributed by atoms with E-state index in [1.54, 1.807) is 0 Å². The Morgan fingerprint density at radius 3 is 2.32 bits per heavy atom. The van der Waals surface area contributed by atoms with Crippen molar-refractivity contribution in [3.63, 3.8) is 0 Å². The van der Waals surface area contributed by atoms with Crippen molar-refractivity contribution in [2.75, 3.05) is 18.4 Å². The predicted molar refractivity (Wildman–Crippen MR) is 123 cm³/mol.